The number of rotatable bonds is 9. The van der Waals surface area contributed by atoms with Gasteiger partial charge in [0.15, 0.2) is 5.13 Å². The molecular formula is C25H24BrN3O2S. The monoisotopic (exact) mass is 509 g/mol. The van der Waals surface area contributed by atoms with Crippen molar-refractivity contribution in [3.63, 3.8) is 0 Å². The molecule has 1 amide bonds. The van der Waals surface area contributed by atoms with E-state index in [9.17, 15) is 4.79 Å². The number of fused-ring (bicyclic) bond motifs is 1. The van der Waals surface area contributed by atoms with E-state index < -0.39 is 0 Å². The van der Waals surface area contributed by atoms with Crippen molar-refractivity contribution in [2.75, 3.05) is 11.5 Å². The second-order valence-electron chi connectivity index (χ2n) is 7.40. The largest absolute Gasteiger partial charge is 0.494 e. The third-order valence-electron chi connectivity index (χ3n) is 4.98. The summed E-state index contributed by atoms with van der Waals surface area (Å²) in [5, 5.41) is 0.647. The second kappa shape index (κ2) is 10.7. The quantitative estimate of drug-likeness (QED) is 0.231. The first-order valence-electron chi connectivity index (χ1n) is 10.6. The van der Waals surface area contributed by atoms with Crippen LogP contribution in [0.4, 0.5) is 5.13 Å². The van der Waals surface area contributed by atoms with Gasteiger partial charge in [0.1, 0.15) is 5.75 Å². The van der Waals surface area contributed by atoms with Crippen molar-refractivity contribution in [3.05, 3.63) is 82.6 Å². The van der Waals surface area contributed by atoms with Gasteiger partial charge in [-0.1, -0.05) is 53.1 Å². The Balaban J connectivity index is 1.59. The maximum atomic E-state index is 13.5. The zero-order chi connectivity index (χ0) is 22.3. The molecule has 0 saturated heterocycles. The Labute approximate surface area is 200 Å². The molecule has 2 heterocycles. The van der Waals surface area contributed by atoms with E-state index in [1.54, 1.807) is 11.1 Å². The van der Waals surface area contributed by atoms with Crippen LogP contribution in [0.15, 0.2) is 71.3 Å². The van der Waals surface area contributed by atoms with Gasteiger partial charge in [0.25, 0.3) is 5.91 Å². The minimum Gasteiger partial charge on any atom is -0.494 e. The molecule has 0 radical (unpaired) electrons. The van der Waals surface area contributed by atoms with Crippen LogP contribution in [0.5, 0.6) is 5.75 Å². The number of aromatic nitrogens is 2. The van der Waals surface area contributed by atoms with E-state index in [4.69, 9.17) is 9.72 Å². The number of nitrogens with zero attached hydrogens (tertiary/aromatic N) is 3. The molecule has 0 N–H and O–H groups in total. The predicted molar refractivity (Wildman–Crippen MR) is 134 cm³/mol. The number of anilines is 1. The molecule has 4 rings (SSSR count). The Morgan fingerprint density at radius 1 is 1.09 bits per heavy atom. The van der Waals surface area contributed by atoms with Crippen LogP contribution in [0.2, 0.25) is 0 Å². The summed E-state index contributed by atoms with van der Waals surface area (Å²) in [4.78, 5) is 24.3. The Morgan fingerprint density at radius 3 is 2.69 bits per heavy atom. The number of hydrogen-bond acceptors (Lipinski definition) is 5. The summed E-state index contributed by atoms with van der Waals surface area (Å²) >= 11 is 5.00. The first kappa shape index (κ1) is 22.4. The van der Waals surface area contributed by atoms with Crippen molar-refractivity contribution in [1.82, 2.24) is 9.97 Å². The smallest absolute Gasteiger partial charge is 0.260 e. The van der Waals surface area contributed by atoms with Crippen LogP contribution in [-0.2, 0) is 6.54 Å². The highest BCUT2D eigenvalue weighted by Gasteiger charge is 2.22. The highest BCUT2D eigenvalue weighted by Crippen LogP contribution is 2.32. The third-order valence-corrected chi connectivity index (χ3v) is 6.51. The van der Waals surface area contributed by atoms with Gasteiger partial charge >= 0.3 is 0 Å². The standard InChI is InChI=1S/C25H24BrN3O2S/c1-2-3-6-15-31-21-11-8-18(9-12-21)24(30)29(17-20-7-4-5-14-27-20)25-28-22-13-10-19(26)16-23(22)32-25/h4-5,7-14,16H,2-3,6,15,17H2,1H3. The van der Waals surface area contributed by atoms with E-state index in [1.165, 1.54) is 11.3 Å². The van der Waals surface area contributed by atoms with Crippen LogP contribution in [0.3, 0.4) is 0 Å². The minimum absolute atomic E-state index is 0.119. The van der Waals surface area contributed by atoms with Gasteiger partial charge in [-0.05, 0) is 61.0 Å². The molecule has 0 aliphatic heterocycles. The van der Waals surface area contributed by atoms with Crippen molar-refractivity contribution < 1.29 is 9.53 Å². The number of ether oxygens (including phenoxy) is 1. The summed E-state index contributed by atoms with van der Waals surface area (Å²) in [6.07, 6.45) is 5.07. The summed E-state index contributed by atoms with van der Waals surface area (Å²) < 4.78 is 7.79. The van der Waals surface area contributed by atoms with Gasteiger partial charge in [-0.3, -0.25) is 14.7 Å². The van der Waals surface area contributed by atoms with Gasteiger partial charge in [0, 0.05) is 16.2 Å². The number of benzene rings is 2. The normalized spacial score (nSPS) is 10.9. The number of pyridine rings is 1. The Morgan fingerprint density at radius 2 is 1.94 bits per heavy atom. The number of unbranched alkanes of at least 4 members (excludes halogenated alkanes) is 2. The van der Waals surface area contributed by atoms with E-state index in [-0.39, 0.29) is 5.91 Å². The summed E-state index contributed by atoms with van der Waals surface area (Å²) in [5.41, 5.74) is 2.25. The maximum absolute atomic E-state index is 13.5. The molecule has 0 spiro atoms. The third kappa shape index (κ3) is 5.53. The molecule has 2 aromatic carbocycles. The van der Waals surface area contributed by atoms with E-state index in [0.29, 0.717) is 23.8 Å². The highest BCUT2D eigenvalue weighted by molar-refractivity contribution is 9.10. The SMILES string of the molecule is CCCCCOc1ccc(C(=O)N(Cc2ccccn2)c2nc3ccc(Br)cc3s2)cc1. The van der Waals surface area contributed by atoms with Gasteiger partial charge in [0.2, 0.25) is 0 Å². The van der Waals surface area contributed by atoms with Gasteiger partial charge in [-0.15, -0.1) is 0 Å². The number of carbonyl (C=O) groups is 1. The molecule has 0 aliphatic rings. The first-order chi connectivity index (χ1) is 15.6. The molecule has 0 unspecified atom stereocenters. The van der Waals surface area contributed by atoms with E-state index in [2.05, 4.69) is 27.8 Å². The topological polar surface area (TPSA) is 55.3 Å². The first-order valence-corrected chi connectivity index (χ1v) is 12.3. The summed E-state index contributed by atoms with van der Waals surface area (Å²) in [5.74, 6) is 0.657. The van der Waals surface area contributed by atoms with Crippen LogP contribution in [0, 0.1) is 0 Å². The zero-order valence-corrected chi connectivity index (χ0v) is 20.2. The lowest BCUT2D eigenvalue weighted by Gasteiger charge is -2.20. The maximum Gasteiger partial charge on any atom is 0.260 e. The molecule has 0 atom stereocenters. The van der Waals surface area contributed by atoms with E-state index in [0.717, 1.165) is 45.4 Å². The van der Waals surface area contributed by atoms with Crippen molar-refractivity contribution in [3.8, 4) is 5.75 Å². The molecule has 0 saturated carbocycles. The predicted octanol–water partition coefficient (Wildman–Crippen LogP) is 6.87. The number of carbonyl (C=O) groups excluding carboxylic acids is 1. The molecule has 0 aliphatic carbocycles. The minimum atomic E-state index is -0.119. The molecule has 0 fully saturated rings. The van der Waals surface area contributed by atoms with E-state index >= 15 is 0 Å². The van der Waals surface area contributed by atoms with Gasteiger partial charge in [0.05, 0.1) is 29.1 Å². The van der Waals surface area contributed by atoms with Crippen molar-refractivity contribution in [1.29, 1.82) is 0 Å². The Bertz CT molecular complexity index is 1180. The van der Waals surface area contributed by atoms with Gasteiger partial charge in [-0.25, -0.2) is 4.98 Å². The average Bonchev–Trinajstić information content (AvgIpc) is 3.24. The zero-order valence-electron chi connectivity index (χ0n) is 17.8. The van der Waals surface area contributed by atoms with Crippen LogP contribution in [0.25, 0.3) is 10.2 Å². The van der Waals surface area contributed by atoms with Crippen LogP contribution in [0.1, 0.15) is 42.2 Å². The number of amides is 1. The molecule has 164 valence electrons. The number of hydrogen-bond donors (Lipinski definition) is 0. The fraction of sp³-hybridized carbons (Fsp3) is 0.240. The Hall–Kier alpha value is -2.77. The number of halogens is 1. The van der Waals surface area contributed by atoms with Crippen molar-refractivity contribution >= 4 is 48.5 Å². The van der Waals surface area contributed by atoms with Crippen LogP contribution < -0.4 is 9.64 Å². The van der Waals surface area contributed by atoms with Crippen LogP contribution in [-0.4, -0.2) is 22.5 Å². The summed E-state index contributed by atoms with van der Waals surface area (Å²) in [7, 11) is 0. The Kier molecular flexibility index (Phi) is 7.50. The molecule has 4 aromatic rings. The lowest BCUT2D eigenvalue weighted by atomic mass is 10.2. The average molecular weight is 510 g/mol. The van der Waals surface area contributed by atoms with Gasteiger partial charge in [-0.2, -0.15) is 0 Å². The number of thiazole rings is 1. The molecule has 32 heavy (non-hydrogen) atoms. The summed E-state index contributed by atoms with van der Waals surface area (Å²) in [6, 6.07) is 19.0. The molecule has 2 aromatic heterocycles. The molecular weight excluding hydrogens is 486 g/mol. The van der Waals surface area contributed by atoms with Gasteiger partial charge < -0.3 is 4.74 Å². The summed E-state index contributed by atoms with van der Waals surface area (Å²) in [6.45, 7) is 3.20. The molecule has 5 nitrogen and oxygen atoms in total. The second-order valence-corrected chi connectivity index (χ2v) is 9.33. The molecule has 0 bridgehead atoms. The fourth-order valence-corrected chi connectivity index (χ4v) is 4.79. The van der Waals surface area contributed by atoms with Crippen LogP contribution >= 0.6 is 27.3 Å². The lowest BCUT2D eigenvalue weighted by Crippen LogP contribution is -2.30. The lowest BCUT2D eigenvalue weighted by molar-refractivity contribution is 0.0985. The molecule has 7 heteroatoms. The fourth-order valence-electron chi connectivity index (χ4n) is 3.27. The van der Waals surface area contributed by atoms with E-state index in [1.807, 2.05) is 60.7 Å². The van der Waals surface area contributed by atoms with Crippen molar-refractivity contribution in [2.24, 2.45) is 0 Å². The highest BCUT2D eigenvalue weighted by atomic mass is 79.9. The van der Waals surface area contributed by atoms with Crippen molar-refractivity contribution in [2.45, 2.75) is 32.7 Å².